The van der Waals surface area contributed by atoms with Crippen LogP contribution in [0.3, 0.4) is 0 Å². The highest BCUT2D eigenvalue weighted by Gasteiger charge is 2.47. The molecule has 34 heavy (non-hydrogen) atoms. The first-order valence-corrected chi connectivity index (χ1v) is 13.4. The molecule has 1 heterocycles. The second kappa shape index (κ2) is 10.8. The Bertz CT molecular complexity index is 891. The summed E-state index contributed by atoms with van der Waals surface area (Å²) in [5.41, 5.74) is 2.40. The first-order chi connectivity index (χ1) is 16.0. The third-order valence-electron chi connectivity index (χ3n) is 8.41. The summed E-state index contributed by atoms with van der Waals surface area (Å²) in [6, 6.07) is 4.08. The second-order valence-corrected chi connectivity index (χ2v) is 11.8. The molecule has 2 N–H and O–H groups in total. The van der Waals surface area contributed by atoms with Gasteiger partial charge in [-0.2, -0.15) is 0 Å². The van der Waals surface area contributed by atoms with Crippen LogP contribution in [-0.4, -0.2) is 28.2 Å². The van der Waals surface area contributed by atoms with Crippen LogP contribution in [0.5, 0.6) is 11.5 Å². The number of aliphatic hydroxyl groups is 1. The number of ketones is 1. The molecule has 1 aromatic carbocycles. The largest absolute Gasteiger partial charge is 0.508 e. The average molecular weight is 471 g/mol. The van der Waals surface area contributed by atoms with Crippen LogP contribution in [0.1, 0.15) is 116 Å². The Labute approximate surface area is 206 Å². The molecule has 3 atom stereocenters. The van der Waals surface area contributed by atoms with Crippen molar-refractivity contribution < 1.29 is 19.7 Å². The maximum Gasteiger partial charge on any atom is 0.158 e. The molecule has 4 nitrogen and oxygen atoms in total. The second-order valence-electron chi connectivity index (χ2n) is 11.8. The summed E-state index contributed by atoms with van der Waals surface area (Å²) in [5, 5.41) is 20.8. The highest BCUT2D eigenvalue weighted by molar-refractivity contribution is 5.95. The fourth-order valence-corrected chi connectivity index (χ4v) is 5.88. The molecule has 1 aliphatic carbocycles. The summed E-state index contributed by atoms with van der Waals surface area (Å²) < 4.78 is 6.54. The lowest BCUT2D eigenvalue weighted by Gasteiger charge is -2.47. The van der Waals surface area contributed by atoms with Crippen LogP contribution in [0.15, 0.2) is 23.8 Å². The van der Waals surface area contributed by atoms with Crippen molar-refractivity contribution in [2.45, 2.75) is 116 Å². The molecule has 1 aliphatic heterocycles. The number of phenols is 1. The summed E-state index contributed by atoms with van der Waals surface area (Å²) in [6.07, 6.45) is 10.6. The number of fused-ring (bicyclic) bond motifs is 3. The van der Waals surface area contributed by atoms with Gasteiger partial charge in [-0.15, -0.1) is 0 Å². The van der Waals surface area contributed by atoms with E-state index in [1.54, 1.807) is 0 Å². The van der Waals surface area contributed by atoms with Crippen LogP contribution >= 0.6 is 0 Å². The zero-order chi connectivity index (χ0) is 25.1. The quantitative estimate of drug-likeness (QED) is 0.335. The van der Waals surface area contributed by atoms with E-state index < -0.39 is 0 Å². The van der Waals surface area contributed by atoms with Crippen molar-refractivity contribution in [3.8, 4) is 11.5 Å². The molecule has 4 heteroatoms. The number of benzene rings is 1. The van der Waals surface area contributed by atoms with Gasteiger partial charge in [0, 0.05) is 30.4 Å². The van der Waals surface area contributed by atoms with Gasteiger partial charge < -0.3 is 14.9 Å². The summed E-state index contributed by atoms with van der Waals surface area (Å²) in [5.74, 6) is 1.48. The van der Waals surface area contributed by atoms with Gasteiger partial charge in [-0.05, 0) is 67.7 Å². The molecule has 0 radical (unpaired) electrons. The third kappa shape index (κ3) is 5.70. The van der Waals surface area contributed by atoms with E-state index >= 15 is 0 Å². The number of hydrogen-bond acceptors (Lipinski definition) is 4. The number of hydrogen-bond donors (Lipinski definition) is 2. The van der Waals surface area contributed by atoms with E-state index in [1.165, 1.54) is 25.7 Å². The van der Waals surface area contributed by atoms with Gasteiger partial charge in [-0.1, -0.05) is 65.9 Å². The summed E-state index contributed by atoms with van der Waals surface area (Å²) >= 11 is 0. The van der Waals surface area contributed by atoms with Crippen molar-refractivity contribution in [2.75, 3.05) is 6.61 Å². The molecule has 0 spiro atoms. The van der Waals surface area contributed by atoms with Crippen LogP contribution in [-0.2, 0) is 10.2 Å². The van der Waals surface area contributed by atoms with E-state index in [4.69, 9.17) is 4.74 Å². The van der Waals surface area contributed by atoms with Gasteiger partial charge in [0.1, 0.15) is 17.1 Å². The van der Waals surface area contributed by atoms with Gasteiger partial charge in [0.2, 0.25) is 0 Å². The van der Waals surface area contributed by atoms with Crippen molar-refractivity contribution in [1.29, 1.82) is 0 Å². The number of aliphatic hydroxyl groups excluding tert-OH is 1. The first-order valence-electron chi connectivity index (χ1n) is 13.4. The van der Waals surface area contributed by atoms with Gasteiger partial charge in [-0.3, -0.25) is 4.79 Å². The van der Waals surface area contributed by atoms with Crippen molar-refractivity contribution in [3.63, 3.8) is 0 Å². The third-order valence-corrected chi connectivity index (χ3v) is 8.41. The normalized spacial score (nSPS) is 22.3. The Balaban J connectivity index is 1.89. The number of Topliss-reactive ketones (excluding diaryl/α,β-unsaturated/α-hetero) is 1. The summed E-state index contributed by atoms with van der Waals surface area (Å²) in [6.45, 7) is 13.1. The predicted molar refractivity (Wildman–Crippen MR) is 139 cm³/mol. The molecule has 0 aromatic heterocycles. The van der Waals surface area contributed by atoms with Crippen LogP contribution in [0, 0.1) is 11.8 Å². The Morgan fingerprint density at radius 2 is 1.94 bits per heavy atom. The molecular weight excluding hydrogens is 424 g/mol. The fraction of sp³-hybridized carbons (Fsp3) is 0.700. The average Bonchev–Trinajstić information content (AvgIpc) is 2.79. The number of carbonyl (C=O) groups excluding carboxylic acids is 1. The van der Waals surface area contributed by atoms with Crippen LogP contribution in [0.25, 0.3) is 0 Å². The van der Waals surface area contributed by atoms with Gasteiger partial charge in [-0.25, -0.2) is 0 Å². The minimum atomic E-state index is -0.379. The summed E-state index contributed by atoms with van der Waals surface area (Å²) in [7, 11) is 0. The molecule has 0 fully saturated rings. The van der Waals surface area contributed by atoms with Crippen LogP contribution in [0.4, 0.5) is 0 Å². The van der Waals surface area contributed by atoms with Gasteiger partial charge in [0.15, 0.2) is 5.78 Å². The number of phenolic OH excluding ortho intramolecular Hbond substituents is 1. The Kier molecular flexibility index (Phi) is 8.55. The van der Waals surface area contributed by atoms with Crippen molar-refractivity contribution >= 4 is 5.78 Å². The number of carbonyl (C=O) groups is 1. The van der Waals surface area contributed by atoms with Gasteiger partial charge in [0.25, 0.3) is 0 Å². The number of ether oxygens (including phenoxy) is 1. The van der Waals surface area contributed by atoms with E-state index in [-0.39, 0.29) is 41.2 Å². The van der Waals surface area contributed by atoms with Crippen molar-refractivity contribution in [1.82, 2.24) is 0 Å². The van der Waals surface area contributed by atoms with E-state index in [1.807, 2.05) is 13.0 Å². The fourth-order valence-electron chi connectivity index (χ4n) is 5.88. The lowest BCUT2D eigenvalue weighted by atomic mass is 9.66. The topological polar surface area (TPSA) is 66.8 Å². The highest BCUT2D eigenvalue weighted by atomic mass is 16.5. The smallest absolute Gasteiger partial charge is 0.158 e. The van der Waals surface area contributed by atoms with E-state index in [0.29, 0.717) is 18.6 Å². The van der Waals surface area contributed by atoms with E-state index in [9.17, 15) is 15.0 Å². The molecule has 2 aliphatic rings. The minimum Gasteiger partial charge on any atom is -0.508 e. The molecule has 190 valence electrons. The number of unbranched alkanes of at least 4 members (excludes halogenated alkanes) is 3. The zero-order valence-electron chi connectivity index (χ0n) is 22.2. The van der Waals surface area contributed by atoms with E-state index in [2.05, 4.69) is 46.8 Å². The Morgan fingerprint density at radius 1 is 1.21 bits per heavy atom. The lowest BCUT2D eigenvalue weighted by Crippen LogP contribution is -2.46. The van der Waals surface area contributed by atoms with Gasteiger partial charge in [0.05, 0.1) is 0 Å². The molecule has 0 saturated carbocycles. The SMILES string of the molecule is CCCCCCC(C)(C)c1cc(O)c2c(c1)OC(C)(C)[C@@H]1CC=C(C(=O)CC(CC)CO)CC21. The van der Waals surface area contributed by atoms with Crippen LogP contribution in [0.2, 0.25) is 0 Å². The first kappa shape index (κ1) is 26.8. The molecule has 0 saturated heterocycles. The number of allylic oxidation sites excluding steroid dienone is 2. The maximum atomic E-state index is 13.0. The molecule has 3 rings (SSSR count). The monoisotopic (exact) mass is 470 g/mol. The lowest BCUT2D eigenvalue weighted by molar-refractivity contribution is -0.117. The Hall–Kier alpha value is -1.81. The maximum absolute atomic E-state index is 13.0. The van der Waals surface area contributed by atoms with Crippen molar-refractivity contribution in [3.05, 3.63) is 34.9 Å². The Morgan fingerprint density at radius 3 is 2.59 bits per heavy atom. The summed E-state index contributed by atoms with van der Waals surface area (Å²) in [4.78, 5) is 13.0. The van der Waals surface area contributed by atoms with Crippen LogP contribution < -0.4 is 4.74 Å². The standard InChI is InChI=1S/C30H46O4/c1-7-9-10-11-14-29(3,4)22-17-26(33)28-23-16-21(25(32)15-20(8-2)19-31)12-13-24(23)30(5,6)34-27(28)18-22/h12,17-18,20,23-24,31,33H,7-11,13-16,19H2,1-6H3/t20?,23?,24-/m1/s1. The molecule has 1 aromatic rings. The number of aromatic hydroxyl groups is 1. The predicted octanol–water partition coefficient (Wildman–Crippen LogP) is 7.21. The molecule has 0 bridgehead atoms. The zero-order valence-corrected chi connectivity index (χ0v) is 22.2. The van der Waals surface area contributed by atoms with E-state index in [0.717, 1.165) is 41.7 Å². The number of rotatable bonds is 11. The van der Waals surface area contributed by atoms with Gasteiger partial charge >= 0.3 is 0 Å². The van der Waals surface area contributed by atoms with Crippen molar-refractivity contribution in [2.24, 2.45) is 11.8 Å². The molecule has 2 unspecified atom stereocenters. The molecule has 0 amide bonds. The molecular formula is C30H46O4. The minimum absolute atomic E-state index is 0.0139. The highest BCUT2D eigenvalue weighted by Crippen LogP contribution is 2.55.